The molecule has 0 spiro atoms. The molecule has 0 heterocycles. The summed E-state index contributed by atoms with van der Waals surface area (Å²) in [4.78, 5) is 26.9. The van der Waals surface area contributed by atoms with Gasteiger partial charge in [-0.15, -0.1) is 0 Å². The quantitative estimate of drug-likeness (QED) is 0.687. The molecule has 2 aromatic carbocycles. The topological polar surface area (TPSA) is 53.9 Å². The summed E-state index contributed by atoms with van der Waals surface area (Å²) in [7, 11) is 3.33. The Hall–Kier alpha value is -2.87. The van der Waals surface area contributed by atoms with Gasteiger partial charge in [-0.1, -0.05) is 37.3 Å². The maximum atomic E-state index is 12.6. The second-order valence-electron chi connectivity index (χ2n) is 7.31. The number of quaternary nitrogens is 1. The first-order chi connectivity index (χ1) is 14.1. The van der Waals surface area contributed by atoms with Crippen LogP contribution in [-0.2, 0) is 28.7 Å². The molecular weight excluding hydrogens is 395 g/mol. The molecule has 162 valence electrons. The van der Waals surface area contributed by atoms with E-state index in [1.165, 1.54) is 17.0 Å². The van der Waals surface area contributed by atoms with E-state index >= 15 is 0 Å². The Morgan fingerprint density at radius 2 is 1.70 bits per heavy atom. The first-order valence-corrected chi connectivity index (χ1v) is 9.69. The van der Waals surface area contributed by atoms with E-state index in [0.29, 0.717) is 12.1 Å². The van der Waals surface area contributed by atoms with Gasteiger partial charge in [0.25, 0.3) is 5.91 Å². The molecule has 0 bridgehead atoms. The third kappa shape index (κ3) is 6.88. The van der Waals surface area contributed by atoms with Crippen molar-refractivity contribution in [2.75, 3.05) is 32.5 Å². The largest absolute Gasteiger partial charge is 0.416 e. The van der Waals surface area contributed by atoms with Gasteiger partial charge in [-0.3, -0.25) is 9.59 Å². The van der Waals surface area contributed by atoms with Crippen LogP contribution in [0.5, 0.6) is 0 Å². The van der Waals surface area contributed by atoms with Crippen LogP contribution in [-0.4, -0.2) is 43.9 Å². The summed E-state index contributed by atoms with van der Waals surface area (Å²) in [6, 6.07) is 12.4. The number of nitrogens with zero attached hydrogens (tertiary/aromatic N) is 1. The van der Waals surface area contributed by atoms with Crippen LogP contribution in [0.25, 0.3) is 0 Å². The summed E-state index contributed by atoms with van der Waals surface area (Å²) in [5, 5.41) is 2.83. The number of alkyl halides is 3. The van der Waals surface area contributed by atoms with Crippen LogP contribution < -0.4 is 10.2 Å². The molecule has 0 saturated heterocycles. The van der Waals surface area contributed by atoms with Crippen LogP contribution in [0.3, 0.4) is 0 Å². The third-order valence-electron chi connectivity index (χ3n) is 4.72. The van der Waals surface area contributed by atoms with Crippen molar-refractivity contribution in [1.82, 2.24) is 4.90 Å². The molecule has 0 aliphatic rings. The highest BCUT2D eigenvalue weighted by atomic mass is 19.4. The van der Waals surface area contributed by atoms with E-state index < -0.39 is 11.7 Å². The SMILES string of the molecule is CCc1ccccc1NC(=O)CN(C)C(=O)C[NH+](C)Cc1ccc(C(F)(F)F)cc1. The number of nitrogens with one attached hydrogen (secondary N) is 2. The Bertz CT molecular complexity index is 867. The minimum absolute atomic E-state index is 0.0789. The maximum Gasteiger partial charge on any atom is 0.416 e. The molecular formula is C22H27F3N3O2+. The molecule has 30 heavy (non-hydrogen) atoms. The summed E-state index contributed by atoms with van der Waals surface area (Å²) in [6.07, 6.45) is -3.59. The minimum atomic E-state index is -4.37. The van der Waals surface area contributed by atoms with Gasteiger partial charge in [0.1, 0.15) is 6.54 Å². The molecule has 5 nitrogen and oxygen atoms in total. The molecule has 1 atom stereocenters. The van der Waals surface area contributed by atoms with Crippen LogP contribution in [0.1, 0.15) is 23.6 Å². The Morgan fingerprint density at radius 1 is 1.07 bits per heavy atom. The normalized spacial score (nSPS) is 12.3. The van der Waals surface area contributed by atoms with Crippen LogP contribution >= 0.6 is 0 Å². The second kappa shape index (κ2) is 10.2. The molecule has 8 heteroatoms. The number of amides is 2. The Balaban J connectivity index is 1.85. The Kier molecular flexibility index (Phi) is 8.00. The van der Waals surface area contributed by atoms with Gasteiger partial charge in [0.05, 0.1) is 19.2 Å². The van der Waals surface area contributed by atoms with Gasteiger partial charge in [-0.05, 0) is 30.2 Å². The zero-order valence-corrected chi connectivity index (χ0v) is 17.3. The zero-order valence-electron chi connectivity index (χ0n) is 17.3. The predicted octanol–water partition coefficient (Wildman–Crippen LogP) is 2.38. The van der Waals surface area contributed by atoms with Crippen molar-refractivity contribution in [3.05, 3.63) is 65.2 Å². The summed E-state index contributed by atoms with van der Waals surface area (Å²) in [5.74, 6) is -0.509. The second-order valence-corrected chi connectivity index (χ2v) is 7.31. The van der Waals surface area contributed by atoms with Crippen LogP contribution in [0.4, 0.5) is 18.9 Å². The van der Waals surface area contributed by atoms with Gasteiger partial charge in [-0.25, -0.2) is 0 Å². The number of hydrogen-bond donors (Lipinski definition) is 2. The fourth-order valence-electron chi connectivity index (χ4n) is 3.06. The number of carbonyl (C=O) groups is 2. The molecule has 2 amide bonds. The molecule has 0 aliphatic carbocycles. The molecule has 2 aromatic rings. The van der Waals surface area contributed by atoms with Crippen molar-refractivity contribution in [3.8, 4) is 0 Å². The summed E-state index contributed by atoms with van der Waals surface area (Å²) in [5.41, 5.74) is 1.75. The number of carbonyl (C=O) groups excluding carboxylic acids is 2. The highest BCUT2D eigenvalue weighted by Gasteiger charge is 2.30. The van der Waals surface area contributed by atoms with Gasteiger partial charge in [-0.2, -0.15) is 13.2 Å². The maximum absolute atomic E-state index is 12.6. The summed E-state index contributed by atoms with van der Waals surface area (Å²) >= 11 is 0. The van der Waals surface area contributed by atoms with E-state index in [9.17, 15) is 22.8 Å². The lowest BCUT2D eigenvalue weighted by Gasteiger charge is -2.20. The lowest BCUT2D eigenvalue weighted by atomic mass is 10.1. The van der Waals surface area contributed by atoms with E-state index in [2.05, 4.69) is 5.32 Å². The van der Waals surface area contributed by atoms with Gasteiger partial charge in [0, 0.05) is 18.3 Å². The van der Waals surface area contributed by atoms with E-state index in [-0.39, 0.29) is 24.9 Å². The van der Waals surface area contributed by atoms with Crippen molar-refractivity contribution in [1.29, 1.82) is 0 Å². The molecule has 1 unspecified atom stereocenters. The lowest BCUT2D eigenvalue weighted by Crippen LogP contribution is -3.08. The molecule has 0 aromatic heterocycles. The molecule has 2 N–H and O–H groups in total. The number of likely N-dealkylation sites (N-methyl/N-ethyl adjacent to an activating group) is 2. The van der Waals surface area contributed by atoms with Gasteiger partial charge in [0.15, 0.2) is 6.54 Å². The van der Waals surface area contributed by atoms with Crippen molar-refractivity contribution in [3.63, 3.8) is 0 Å². The first kappa shape index (κ1) is 23.4. The monoisotopic (exact) mass is 422 g/mol. The van der Waals surface area contributed by atoms with Crippen molar-refractivity contribution in [2.24, 2.45) is 0 Å². The highest BCUT2D eigenvalue weighted by molar-refractivity contribution is 5.95. The standard InChI is InChI=1S/C22H26F3N3O2/c1-4-17-7-5-6-8-19(17)26-20(29)14-28(3)21(30)15-27(2)13-16-9-11-18(12-10-16)22(23,24)25/h5-12H,4,13-15H2,1-3H3,(H,26,29)/p+1. The van der Waals surface area contributed by atoms with Gasteiger partial charge >= 0.3 is 6.18 Å². The third-order valence-corrected chi connectivity index (χ3v) is 4.72. The van der Waals surface area contributed by atoms with Gasteiger partial charge < -0.3 is 15.1 Å². The average Bonchev–Trinajstić information content (AvgIpc) is 2.67. The fourth-order valence-corrected chi connectivity index (χ4v) is 3.06. The van der Waals surface area contributed by atoms with Crippen molar-refractivity contribution < 1.29 is 27.7 Å². The number of rotatable bonds is 8. The summed E-state index contributed by atoms with van der Waals surface area (Å²) < 4.78 is 37.9. The lowest BCUT2D eigenvalue weighted by molar-refractivity contribution is -0.885. The number of para-hydroxylation sites is 1. The summed E-state index contributed by atoms with van der Waals surface area (Å²) in [6.45, 7) is 2.44. The number of anilines is 1. The Morgan fingerprint density at radius 3 is 2.30 bits per heavy atom. The number of halogens is 3. The van der Waals surface area contributed by atoms with Crippen molar-refractivity contribution in [2.45, 2.75) is 26.1 Å². The molecule has 0 fully saturated rings. The number of benzene rings is 2. The molecule has 0 aliphatic heterocycles. The molecule has 0 saturated carbocycles. The van der Waals surface area contributed by atoms with E-state index in [4.69, 9.17) is 0 Å². The first-order valence-electron chi connectivity index (χ1n) is 9.69. The van der Waals surface area contributed by atoms with E-state index in [1.54, 1.807) is 14.1 Å². The Labute approximate surface area is 174 Å². The van der Waals surface area contributed by atoms with E-state index in [1.807, 2.05) is 31.2 Å². The van der Waals surface area contributed by atoms with Gasteiger partial charge in [0.2, 0.25) is 5.91 Å². The minimum Gasteiger partial charge on any atom is -0.332 e. The number of aryl methyl sites for hydroxylation is 1. The van der Waals surface area contributed by atoms with Crippen molar-refractivity contribution >= 4 is 17.5 Å². The zero-order chi connectivity index (χ0) is 22.3. The average molecular weight is 422 g/mol. The number of hydrogen-bond acceptors (Lipinski definition) is 2. The van der Waals surface area contributed by atoms with Crippen LogP contribution in [0.15, 0.2) is 48.5 Å². The fraction of sp³-hybridized carbons (Fsp3) is 0.364. The highest BCUT2D eigenvalue weighted by Crippen LogP contribution is 2.28. The molecule has 2 rings (SSSR count). The van der Waals surface area contributed by atoms with E-state index in [0.717, 1.165) is 34.7 Å². The molecule has 0 radical (unpaired) electrons. The predicted molar refractivity (Wildman–Crippen MR) is 109 cm³/mol. The van der Waals surface area contributed by atoms with Crippen LogP contribution in [0, 0.1) is 0 Å². The van der Waals surface area contributed by atoms with Crippen LogP contribution in [0.2, 0.25) is 0 Å². The smallest absolute Gasteiger partial charge is 0.332 e.